The fourth-order valence-electron chi connectivity index (χ4n) is 3.24. The fourth-order valence-corrected chi connectivity index (χ4v) is 4.26. The van der Waals surface area contributed by atoms with Gasteiger partial charge in [-0.3, -0.25) is 19.9 Å². The average molecular weight is 615 g/mol. The van der Waals surface area contributed by atoms with Gasteiger partial charge in [0.1, 0.15) is 11.5 Å². The quantitative estimate of drug-likeness (QED) is 0.190. The maximum Gasteiger partial charge on any atom is 0.460 e. The van der Waals surface area contributed by atoms with E-state index < -0.39 is 73.2 Å². The molecule has 1 amide bonds. The molecule has 0 saturated heterocycles. The number of hydrogen-bond acceptors (Lipinski definition) is 9. The van der Waals surface area contributed by atoms with E-state index in [1.807, 2.05) is 0 Å². The van der Waals surface area contributed by atoms with Crippen molar-refractivity contribution >= 4 is 23.4 Å². The number of nitro groups is 1. The number of nitrogens with two attached hydrogens (primary N) is 1. The SMILES string of the molecule is CC(C)(O)CCn1nnnc1Sc1c(C(N)=O)cc([N+](=O)[O-])cc1-c1ncc(C(F)(F)C(F)(F)C(F)(F)F)cc1F. The van der Waals surface area contributed by atoms with Crippen LogP contribution in [-0.4, -0.2) is 58.8 Å². The highest BCUT2D eigenvalue weighted by molar-refractivity contribution is 7.99. The minimum atomic E-state index is -6.71. The fraction of sp³-hybridized carbons (Fsp3) is 0.381. The monoisotopic (exact) mass is 615 g/mol. The van der Waals surface area contributed by atoms with Gasteiger partial charge in [-0.25, -0.2) is 9.07 Å². The molecule has 0 saturated carbocycles. The van der Waals surface area contributed by atoms with Gasteiger partial charge in [-0.1, -0.05) is 0 Å². The van der Waals surface area contributed by atoms with Crippen molar-refractivity contribution in [3.8, 4) is 11.3 Å². The number of alkyl halides is 7. The Morgan fingerprint density at radius 1 is 1.15 bits per heavy atom. The minimum Gasteiger partial charge on any atom is -0.390 e. The lowest BCUT2D eigenvalue weighted by Crippen LogP contribution is -2.50. The van der Waals surface area contributed by atoms with Crippen LogP contribution in [-0.2, 0) is 12.5 Å². The van der Waals surface area contributed by atoms with Crippen molar-refractivity contribution in [3.05, 3.63) is 51.5 Å². The lowest BCUT2D eigenvalue weighted by Gasteiger charge is -2.28. The Labute approximate surface area is 227 Å². The van der Waals surface area contributed by atoms with E-state index in [9.17, 15) is 50.7 Å². The molecule has 0 atom stereocenters. The summed E-state index contributed by atoms with van der Waals surface area (Å²) in [7, 11) is 0. The Kier molecular flexibility index (Phi) is 8.32. The number of pyridine rings is 1. The number of hydrogen-bond donors (Lipinski definition) is 2. The first kappa shape index (κ1) is 31.6. The number of halogens is 8. The molecule has 0 bridgehead atoms. The second-order valence-electron chi connectivity index (χ2n) is 9.04. The highest BCUT2D eigenvalue weighted by Gasteiger charge is 2.73. The highest BCUT2D eigenvalue weighted by Crippen LogP contribution is 2.52. The van der Waals surface area contributed by atoms with Gasteiger partial charge in [-0.05, 0) is 48.5 Å². The van der Waals surface area contributed by atoms with E-state index in [0.29, 0.717) is 23.9 Å². The predicted octanol–water partition coefficient (Wildman–Crippen LogP) is 4.48. The molecule has 0 aliphatic heterocycles. The first-order chi connectivity index (χ1) is 18.7. The van der Waals surface area contributed by atoms with E-state index in [-0.39, 0.29) is 30.4 Å². The van der Waals surface area contributed by atoms with Gasteiger partial charge in [-0.2, -0.15) is 30.7 Å². The third-order valence-electron chi connectivity index (χ3n) is 5.39. The first-order valence-electron chi connectivity index (χ1n) is 10.9. The molecule has 41 heavy (non-hydrogen) atoms. The Morgan fingerprint density at radius 3 is 2.29 bits per heavy atom. The van der Waals surface area contributed by atoms with Crippen molar-refractivity contribution in [3.63, 3.8) is 0 Å². The van der Waals surface area contributed by atoms with E-state index in [4.69, 9.17) is 5.73 Å². The number of rotatable bonds is 10. The molecule has 20 heteroatoms. The van der Waals surface area contributed by atoms with Crippen molar-refractivity contribution in [2.45, 2.75) is 60.5 Å². The van der Waals surface area contributed by atoms with Crippen LogP contribution in [0.3, 0.4) is 0 Å². The number of aromatic nitrogens is 5. The normalized spacial score (nSPS) is 13.0. The van der Waals surface area contributed by atoms with Crippen LogP contribution in [0.5, 0.6) is 0 Å². The molecule has 2 heterocycles. The summed E-state index contributed by atoms with van der Waals surface area (Å²) in [6, 6.07) is 1.00. The van der Waals surface area contributed by atoms with Crippen LogP contribution >= 0.6 is 11.8 Å². The lowest BCUT2D eigenvalue weighted by molar-refractivity contribution is -0.384. The number of nitro benzene ring substituents is 1. The highest BCUT2D eigenvalue weighted by atomic mass is 32.2. The van der Waals surface area contributed by atoms with Crippen molar-refractivity contribution < 1.29 is 49.9 Å². The Bertz CT molecular complexity index is 1490. The molecule has 11 nitrogen and oxygen atoms in total. The van der Waals surface area contributed by atoms with Crippen LogP contribution < -0.4 is 5.73 Å². The van der Waals surface area contributed by atoms with Gasteiger partial charge in [0.2, 0.25) is 11.1 Å². The predicted molar refractivity (Wildman–Crippen MR) is 123 cm³/mol. The van der Waals surface area contributed by atoms with E-state index in [2.05, 4.69) is 20.5 Å². The zero-order valence-corrected chi connectivity index (χ0v) is 21.4. The van der Waals surface area contributed by atoms with Crippen LogP contribution in [0.1, 0.15) is 36.2 Å². The maximum atomic E-state index is 15.1. The molecular weight excluding hydrogens is 598 g/mol. The molecule has 3 aromatic rings. The van der Waals surface area contributed by atoms with Crippen LogP contribution in [0.4, 0.5) is 40.8 Å². The number of nitrogens with zero attached hydrogens (tertiary/aromatic N) is 6. The minimum absolute atomic E-state index is 0.00311. The zero-order chi connectivity index (χ0) is 31.1. The average Bonchev–Trinajstić information content (AvgIpc) is 3.28. The lowest BCUT2D eigenvalue weighted by atomic mass is 10.0. The van der Waals surface area contributed by atoms with E-state index in [1.54, 1.807) is 0 Å². The third-order valence-corrected chi connectivity index (χ3v) is 6.51. The molecule has 1 aromatic carbocycles. The molecule has 0 aliphatic carbocycles. The summed E-state index contributed by atoms with van der Waals surface area (Å²) in [5.74, 6) is -15.7. The molecule has 0 spiro atoms. The van der Waals surface area contributed by atoms with Crippen molar-refractivity contribution in [1.82, 2.24) is 25.2 Å². The summed E-state index contributed by atoms with van der Waals surface area (Å²) in [5.41, 5.74) is -1.13. The number of non-ortho nitro benzene ring substituents is 1. The van der Waals surface area contributed by atoms with Crippen LogP contribution in [0, 0.1) is 15.9 Å². The van der Waals surface area contributed by atoms with E-state index >= 15 is 4.39 Å². The zero-order valence-electron chi connectivity index (χ0n) is 20.6. The summed E-state index contributed by atoms with van der Waals surface area (Å²) in [4.78, 5) is 25.5. The molecule has 0 radical (unpaired) electrons. The molecular formula is C21H17F8N7O4S. The third kappa shape index (κ3) is 6.37. The van der Waals surface area contributed by atoms with Gasteiger partial charge in [0.15, 0.2) is 0 Å². The molecule has 3 N–H and O–H groups in total. The van der Waals surface area contributed by atoms with Crippen molar-refractivity contribution in [2.75, 3.05) is 0 Å². The maximum absolute atomic E-state index is 15.1. The smallest absolute Gasteiger partial charge is 0.390 e. The summed E-state index contributed by atoms with van der Waals surface area (Å²) in [5, 5.41) is 32.2. The Morgan fingerprint density at radius 2 is 1.78 bits per heavy atom. The number of primary amides is 1. The summed E-state index contributed by atoms with van der Waals surface area (Å²) < 4.78 is 109. The van der Waals surface area contributed by atoms with E-state index in [1.165, 1.54) is 13.8 Å². The largest absolute Gasteiger partial charge is 0.460 e. The van der Waals surface area contributed by atoms with Crippen LogP contribution in [0.25, 0.3) is 11.3 Å². The number of amides is 1. The second-order valence-corrected chi connectivity index (χ2v) is 10.0. The Hall–Kier alpha value is -3.94. The first-order valence-corrected chi connectivity index (χ1v) is 11.8. The number of aliphatic hydroxyl groups is 1. The van der Waals surface area contributed by atoms with Gasteiger partial charge < -0.3 is 10.8 Å². The van der Waals surface area contributed by atoms with Crippen molar-refractivity contribution in [2.24, 2.45) is 5.73 Å². The Balaban J connectivity index is 2.21. The standard InChI is InChI=1S/C21H17F8N7O4S/c1-18(2,38)3-4-35-17(32-33-34-35)41-15-11(6-10(36(39)40)7-12(15)16(30)37)14-13(22)5-9(8-31-14)19(23,24)20(25,26)21(27,28)29/h5-8,38H,3-4H2,1-2H3,(H2,30,37). The topological polar surface area (TPSA) is 163 Å². The summed E-state index contributed by atoms with van der Waals surface area (Å²) in [6.45, 7) is 2.96. The number of tetrazole rings is 1. The van der Waals surface area contributed by atoms with Gasteiger partial charge in [-0.15, -0.1) is 5.10 Å². The molecule has 3 rings (SSSR count). The van der Waals surface area contributed by atoms with Gasteiger partial charge >= 0.3 is 18.0 Å². The van der Waals surface area contributed by atoms with Crippen molar-refractivity contribution in [1.29, 1.82) is 0 Å². The molecule has 222 valence electrons. The number of carbonyl (C=O) groups is 1. The number of benzene rings is 1. The molecule has 0 unspecified atom stereocenters. The second kappa shape index (κ2) is 10.8. The van der Waals surface area contributed by atoms with Gasteiger partial charge in [0, 0.05) is 40.9 Å². The summed E-state index contributed by atoms with van der Waals surface area (Å²) >= 11 is 0.493. The molecule has 2 aromatic heterocycles. The number of aryl methyl sites for hydroxylation is 1. The van der Waals surface area contributed by atoms with Gasteiger partial charge in [0.05, 0.1) is 16.1 Å². The summed E-state index contributed by atoms with van der Waals surface area (Å²) in [6.07, 6.45) is -6.76. The van der Waals surface area contributed by atoms with Gasteiger partial charge in [0.25, 0.3) is 5.69 Å². The molecule has 0 fully saturated rings. The van der Waals surface area contributed by atoms with E-state index in [0.717, 1.165) is 4.68 Å². The van der Waals surface area contributed by atoms with Crippen LogP contribution in [0.2, 0.25) is 0 Å². The number of carbonyl (C=O) groups excluding carboxylic acids is 1. The molecule has 0 aliphatic rings. The van der Waals surface area contributed by atoms with Crippen LogP contribution in [0.15, 0.2) is 34.4 Å².